The van der Waals surface area contributed by atoms with Gasteiger partial charge >= 0.3 is 0 Å². The van der Waals surface area contributed by atoms with Crippen LogP contribution in [0.5, 0.6) is 0 Å². The third kappa shape index (κ3) is 3.03. The summed E-state index contributed by atoms with van der Waals surface area (Å²) < 4.78 is 0. The van der Waals surface area contributed by atoms with Crippen molar-refractivity contribution in [3.63, 3.8) is 0 Å². The van der Waals surface area contributed by atoms with Crippen LogP contribution in [0.1, 0.15) is 39.5 Å². The number of amides is 1. The molecule has 1 saturated carbocycles. The number of nitrogens with zero attached hydrogens (tertiary/aromatic N) is 1. The van der Waals surface area contributed by atoms with Crippen molar-refractivity contribution in [2.45, 2.75) is 39.5 Å². The number of carbonyl (C=O) groups is 1. The molecule has 1 aliphatic carbocycles. The highest BCUT2D eigenvalue weighted by Crippen LogP contribution is 2.29. The van der Waals surface area contributed by atoms with Crippen molar-refractivity contribution in [3.8, 4) is 0 Å². The van der Waals surface area contributed by atoms with Gasteiger partial charge in [0, 0.05) is 12.6 Å². The molecule has 0 aromatic rings. The Hall–Kier alpha value is -0.860. The molecule has 0 radical (unpaired) electrons. The summed E-state index contributed by atoms with van der Waals surface area (Å²) >= 11 is 0. The average Bonchev–Trinajstić information content (AvgIpc) is 1.93. The van der Waals surface area contributed by atoms with Crippen LogP contribution in [-0.4, -0.2) is 11.6 Å². The molecule has 12 heavy (non-hydrogen) atoms. The fourth-order valence-corrected chi connectivity index (χ4v) is 1.33. The summed E-state index contributed by atoms with van der Waals surface area (Å²) in [4.78, 5) is 10.5. The Bertz CT molecular complexity index is 195. The van der Waals surface area contributed by atoms with Crippen LogP contribution in [0.4, 0.5) is 0 Å². The lowest BCUT2D eigenvalue weighted by Gasteiger charge is -2.24. The SMILES string of the molecule is CC(=O)N/N=C(\C)CC1CCC1. The van der Waals surface area contributed by atoms with Crippen molar-refractivity contribution in [1.82, 2.24) is 5.43 Å². The van der Waals surface area contributed by atoms with Gasteiger partial charge in [0.2, 0.25) is 5.91 Å². The molecule has 0 aliphatic heterocycles. The molecule has 0 aromatic heterocycles. The van der Waals surface area contributed by atoms with Crippen molar-refractivity contribution in [2.75, 3.05) is 0 Å². The third-order valence-corrected chi connectivity index (χ3v) is 2.21. The Kier molecular flexibility index (Phi) is 3.26. The number of carbonyl (C=O) groups excluding carboxylic acids is 1. The zero-order valence-corrected chi connectivity index (χ0v) is 7.76. The van der Waals surface area contributed by atoms with E-state index in [2.05, 4.69) is 10.5 Å². The maximum absolute atomic E-state index is 10.5. The lowest BCUT2D eigenvalue weighted by molar-refractivity contribution is -0.118. The lowest BCUT2D eigenvalue weighted by Crippen LogP contribution is -2.18. The van der Waals surface area contributed by atoms with Crippen molar-refractivity contribution < 1.29 is 4.79 Å². The molecule has 3 heteroatoms. The summed E-state index contributed by atoms with van der Waals surface area (Å²) in [5, 5.41) is 3.96. The molecule has 1 fully saturated rings. The number of nitrogens with one attached hydrogen (secondary N) is 1. The number of hydrogen-bond donors (Lipinski definition) is 1. The molecule has 0 saturated heterocycles. The van der Waals surface area contributed by atoms with Gasteiger partial charge in [0.15, 0.2) is 0 Å². The van der Waals surface area contributed by atoms with E-state index in [0.717, 1.165) is 18.1 Å². The Balaban J connectivity index is 2.20. The maximum Gasteiger partial charge on any atom is 0.236 e. The third-order valence-electron chi connectivity index (χ3n) is 2.21. The molecule has 0 bridgehead atoms. The molecule has 1 amide bonds. The van der Waals surface area contributed by atoms with Crippen LogP contribution in [-0.2, 0) is 4.79 Å². The first kappa shape index (κ1) is 9.23. The Labute approximate surface area is 73.2 Å². The average molecular weight is 168 g/mol. The second-order valence-electron chi connectivity index (χ2n) is 3.52. The predicted octanol–water partition coefficient (Wildman–Crippen LogP) is 1.69. The van der Waals surface area contributed by atoms with Gasteiger partial charge in [-0.2, -0.15) is 5.10 Å². The fraction of sp³-hybridized carbons (Fsp3) is 0.778. The van der Waals surface area contributed by atoms with Crippen LogP contribution in [0.3, 0.4) is 0 Å². The minimum absolute atomic E-state index is 0.0945. The van der Waals surface area contributed by atoms with E-state index in [-0.39, 0.29) is 5.91 Å². The number of hydrogen-bond acceptors (Lipinski definition) is 2. The van der Waals surface area contributed by atoms with Gasteiger partial charge in [-0.15, -0.1) is 0 Å². The monoisotopic (exact) mass is 168 g/mol. The molecule has 68 valence electrons. The largest absolute Gasteiger partial charge is 0.274 e. The first-order valence-electron chi connectivity index (χ1n) is 4.48. The van der Waals surface area contributed by atoms with Crippen LogP contribution in [0.15, 0.2) is 5.10 Å². The molecule has 3 nitrogen and oxygen atoms in total. The van der Waals surface area contributed by atoms with Gasteiger partial charge in [-0.05, 0) is 19.3 Å². The van der Waals surface area contributed by atoms with E-state index in [0.29, 0.717) is 0 Å². The molecule has 0 spiro atoms. The van der Waals surface area contributed by atoms with E-state index in [1.54, 1.807) is 0 Å². The van der Waals surface area contributed by atoms with E-state index in [1.165, 1.54) is 26.2 Å². The van der Waals surface area contributed by atoms with Crippen LogP contribution < -0.4 is 5.43 Å². The zero-order valence-electron chi connectivity index (χ0n) is 7.76. The van der Waals surface area contributed by atoms with Crippen molar-refractivity contribution in [1.29, 1.82) is 0 Å². The number of hydrazone groups is 1. The Morgan fingerprint density at radius 1 is 1.50 bits per heavy atom. The van der Waals surface area contributed by atoms with Gasteiger partial charge in [-0.1, -0.05) is 19.3 Å². The van der Waals surface area contributed by atoms with Gasteiger partial charge < -0.3 is 0 Å². The topological polar surface area (TPSA) is 41.5 Å². The second kappa shape index (κ2) is 4.24. The zero-order chi connectivity index (χ0) is 8.97. The van der Waals surface area contributed by atoms with E-state index in [4.69, 9.17) is 0 Å². The van der Waals surface area contributed by atoms with Gasteiger partial charge in [0.05, 0.1) is 0 Å². The van der Waals surface area contributed by atoms with Crippen molar-refractivity contribution in [2.24, 2.45) is 11.0 Å². The summed E-state index contributed by atoms with van der Waals surface area (Å²) in [7, 11) is 0. The predicted molar refractivity (Wildman–Crippen MR) is 48.9 cm³/mol. The molecular weight excluding hydrogens is 152 g/mol. The minimum Gasteiger partial charge on any atom is -0.274 e. The normalized spacial score (nSPS) is 18.7. The first-order valence-corrected chi connectivity index (χ1v) is 4.48. The highest BCUT2D eigenvalue weighted by atomic mass is 16.2. The molecular formula is C9H16N2O. The summed E-state index contributed by atoms with van der Waals surface area (Å²) in [5.74, 6) is 0.727. The maximum atomic E-state index is 10.5. The molecule has 0 aromatic carbocycles. The molecule has 1 N–H and O–H groups in total. The molecule has 0 atom stereocenters. The van der Waals surface area contributed by atoms with Crippen LogP contribution in [0.2, 0.25) is 0 Å². The molecule has 0 unspecified atom stereocenters. The van der Waals surface area contributed by atoms with Gasteiger partial charge in [-0.25, -0.2) is 5.43 Å². The van der Waals surface area contributed by atoms with E-state index >= 15 is 0 Å². The molecule has 1 rings (SSSR count). The van der Waals surface area contributed by atoms with E-state index in [9.17, 15) is 4.79 Å². The van der Waals surface area contributed by atoms with Crippen LogP contribution >= 0.6 is 0 Å². The Morgan fingerprint density at radius 3 is 2.58 bits per heavy atom. The van der Waals surface area contributed by atoms with Crippen molar-refractivity contribution >= 4 is 11.6 Å². The smallest absolute Gasteiger partial charge is 0.236 e. The summed E-state index contributed by atoms with van der Waals surface area (Å²) in [6, 6.07) is 0. The van der Waals surface area contributed by atoms with Gasteiger partial charge in [0.25, 0.3) is 0 Å². The quantitative estimate of drug-likeness (QED) is 0.505. The summed E-state index contributed by atoms with van der Waals surface area (Å²) in [6.45, 7) is 3.44. The van der Waals surface area contributed by atoms with Gasteiger partial charge in [0.1, 0.15) is 0 Å². The summed E-state index contributed by atoms with van der Waals surface area (Å²) in [5.41, 5.74) is 3.48. The number of rotatable bonds is 3. The highest BCUT2D eigenvalue weighted by molar-refractivity contribution is 5.84. The fourth-order valence-electron chi connectivity index (χ4n) is 1.33. The van der Waals surface area contributed by atoms with E-state index in [1.807, 2.05) is 6.92 Å². The second-order valence-corrected chi connectivity index (χ2v) is 3.52. The van der Waals surface area contributed by atoms with E-state index < -0.39 is 0 Å². The molecule has 0 heterocycles. The Morgan fingerprint density at radius 2 is 2.17 bits per heavy atom. The minimum atomic E-state index is -0.0945. The van der Waals surface area contributed by atoms with Crippen LogP contribution in [0.25, 0.3) is 0 Å². The highest BCUT2D eigenvalue weighted by Gasteiger charge is 2.17. The first-order chi connectivity index (χ1) is 5.68. The standard InChI is InChI=1S/C9H16N2O/c1-7(10-11-8(2)12)6-9-4-3-5-9/h9H,3-6H2,1-2H3,(H,11,12)/b10-7+. The van der Waals surface area contributed by atoms with Gasteiger partial charge in [-0.3, -0.25) is 4.79 Å². The van der Waals surface area contributed by atoms with Crippen molar-refractivity contribution in [3.05, 3.63) is 0 Å². The van der Waals surface area contributed by atoms with Crippen LogP contribution in [0, 0.1) is 5.92 Å². The lowest BCUT2D eigenvalue weighted by atomic mass is 9.82. The molecule has 1 aliphatic rings. The summed E-state index contributed by atoms with van der Waals surface area (Å²) in [6.07, 6.45) is 5.05.